The summed E-state index contributed by atoms with van der Waals surface area (Å²) in [4.78, 5) is 73.1. The van der Waals surface area contributed by atoms with Crippen molar-refractivity contribution in [2.24, 2.45) is 0 Å². The summed E-state index contributed by atoms with van der Waals surface area (Å²) in [5.41, 5.74) is 0. The number of hydrogen-bond acceptors (Lipinski definition) is 15. The lowest BCUT2D eigenvalue weighted by Crippen LogP contribution is -2.30. The van der Waals surface area contributed by atoms with Crippen LogP contribution in [0.1, 0.15) is 285 Å². The Kier molecular flexibility index (Phi) is 74.5. The monoisotopic (exact) mass is 1540 g/mol. The van der Waals surface area contributed by atoms with Gasteiger partial charge in [0.1, 0.15) is 19.3 Å². The number of rotatable bonds is 74. The molecule has 0 aliphatic rings. The van der Waals surface area contributed by atoms with Crippen LogP contribution in [0, 0.1) is 0 Å². The van der Waals surface area contributed by atoms with Crippen LogP contribution in [0.15, 0.2) is 194 Å². The molecule has 5 unspecified atom stereocenters. The van der Waals surface area contributed by atoms with Gasteiger partial charge in [0.15, 0.2) is 12.2 Å². The van der Waals surface area contributed by atoms with Crippen molar-refractivity contribution in [1.82, 2.24) is 0 Å². The molecule has 0 aromatic heterocycles. The first-order chi connectivity index (χ1) is 52.7. The van der Waals surface area contributed by atoms with E-state index in [1.165, 1.54) is 0 Å². The number of aliphatic hydroxyl groups is 1. The number of carbonyl (C=O) groups excluding carboxylic acids is 4. The summed E-state index contributed by atoms with van der Waals surface area (Å²) in [6, 6.07) is 0. The second-order valence-electron chi connectivity index (χ2n) is 26.2. The molecule has 0 spiro atoms. The predicted molar refractivity (Wildman–Crippen MR) is 445 cm³/mol. The molecule has 0 aliphatic heterocycles. The molecule has 19 heteroatoms. The van der Waals surface area contributed by atoms with Gasteiger partial charge < -0.3 is 33.8 Å². The highest BCUT2D eigenvalue weighted by Crippen LogP contribution is 2.45. The third-order valence-corrected chi connectivity index (χ3v) is 17.9. The average molecular weight is 1550 g/mol. The Morgan fingerprint density at radius 2 is 0.463 bits per heavy atom. The summed E-state index contributed by atoms with van der Waals surface area (Å²) < 4.78 is 68.6. The van der Waals surface area contributed by atoms with E-state index in [-0.39, 0.29) is 25.7 Å². The van der Waals surface area contributed by atoms with E-state index >= 15 is 0 Å². The number of aliphatic hydroxyl groups excluding tert-OH is 1. The zero-order valence-corrected chi connectivity index (χ0v) is 68.5. The Morgan fingerprint density at radius 1 is 0.259 bits per heavy atom. The van der Waals surface area contributed by atoms with Gasteiger partial charge in [-0.3, -0.25) is 37.3 Å². The standard InChI is InChI=1S/C89H142O17P2/c1-5-9-13-17-21-25-29-33-37-41-45-49-53-57-61-65-69-73-86(91)99-79-84(105-88(93)75-71-67-63-59-55-51-47-43-39-35-31-27-23-19-15-11-7-3)81-103-107(95,96)101-77-83(90)78-102-108(97,98)104-82-85(106-89(94)76-72-68-64-60-56-52-48-44-40-36-32-28-24-20-16-12-8-4)80-100-87(92)74-70-66-62-58-54-50-46-42-38-34-30-26-22-18-14-10-6-2/h9-16,21-28,33-40,45-47,49-51,58,62,83-85,90H,5-8,17-20,29-32,41-44,48,52-57,59-61,63-82H2,1-4H3,(H,95,96)(H,97,98)/b13-9-,14-10-,15-11-,16-12-,25-21-,26-22-,27-23-,28-24-,37-33-,38-34-,39-35-,40-36-,49-45-,50-46-,51-47-,62-58-. The first kappa shape index (κ1) is 102. The minimum Gasteiger partial charge on any atom is -0.462 e. The minimum atomic E-state index is -5.01. The van der Waals surface area contributed by atoms with E-state index in [4.69, 9.17) is 37.0 Å². The molecule has 610 valence electrons. The predicted octanol–water partition coefficient (Wildman–Crippen LogP) is 24.1. The van der Waals surface area contributed by atoms with Crippen molar-refractivity contribution in [3.8, 4) is 0 Å². The highest BCUT2D eigenvalue weighted by Gasteiger charge is 2.30. The molecule has 0 heterocycles. The molecule has 0 bridgehead atoms. The number of hydrogen-bond donors (Lipinski definition) is 3. The number of phosphoric acid groups is 2. The smallest absolute Gasteiger partial charge is 0.462 e. The zero-order valence-electron chi connectivity index (χ0n) is 66.7. The molecule has 3 N–H and O–H groups in total. The van der Waals surface area contributed by atoms with Gasteiger partial charge in [-0.1, -0.05) is 280 Å². The van der Waals surface area contributed by atoms with E-state index in [9.17, 15) is 43.2 Å². The average Bonchev–Trinajstić information content (AvgIpc) is 0.880. The van der Waals surface area contributed by atoms with Crippen LogP contribution < -0.4 is 0 Å². The summed E-state index contributed by atoms with van der Waals surface area (Å²) in [6.07, 6.45) is 96.9. The Morgan fingerprint density at radius 3 is 0.731 bits per heavy atom. The van der Waals surface area contributed by atoms with Gasteiger partial charge in [-0.2, -0.15) is 0 Å². The number of phosphoric ester groups is 2. The van der Waals surface area contributed by atoms with Crippen LogP contribution >= 0.6 is 15.6 Å². The first-order valence-electron chi connectivity index (χ1n) is 40.7. The highest BCUT2D eigenvalue weighted by molar-refractivity contribution is 7.47. The SMILES string of the molecule is CC/C=C\C/C=C\C/C=C\C/C=C\C/C=C\CCCC(=O)OCC(COP(=O)(O)OCC(O)COP(=O)(O)OCC(COC(=O)CCCCCC/C=C\C/C=C\C/C=C\C/C=C\CC)OC(=O)CCCCCC/C=C\C/C=C\C/C=C\C/C=C\CC)OC(=O)CCCCCCCCC/C=C\C/C=C\C/C=C\CC. The van der Waals surface area contributed by atoms with E-state index in [1.807, 2.05) is 12.2 Å². The molecule has 17 nitrogen and oxygen atoms in total. The Balaban J connectivity index is 5.51. The molecule has 0 radical (unpaired) electrons. The van der Waals surface area contributed by atoms with Gasteiger partial charge in [-0.05, 0) is 173 Å². The third-order valence-electron chi connectivity index (χ3n) is 16.0. The van der Waals surface area contributed by atoms with Crippen LogP contribution in [0.25, 0.3) is 0 Å². The Hall–Kier alpha value is -6.10. The van der Waals surface area contributed by atoms with Gasteiger partial charge in [0.25, 0.3) is 0 Å². The summed E-state index contributed by atoms with van der Waals surface area (Å²) in [7, 11) is -10.0. The second kappa shape index (κ2) is 79.0. The third kappa shape index (κ3) is 78.0. The van der Waals surface area contributed by atoms with E-state index in [2.05, 4.69) is 210 Å². The fourth-order valence-electron chi connectivity index (χ4n) is 10.0. The lowest BCUT2D eigenvalue weighted by atomic mass is 10.1. The Bertz CT molecular complexity index is 2810. The van der Waals surface area contributed by atoms with Crippen LogP contribution in [-0.2, 0) is 65.4 Å². The van der Waals surface area contributed by atoms with Gasteiger partial charge in [0.2, 0.25) is 0 Å². The Labute approximate surface area is 653 Å². The van der Waals surface area contributed by atoms with Crippen LogP contribution in [0.5, 0.6) is 0 Å². The van der Waals surface area contributed by atoms with Crippen LogP contribution in [0.3, 0.4) is 0 Å². The quantitative estimate of drug-likeness (QED) is 0.0169. The fraction of sp³-hybridized carbons (Fsp3) is 0.596. The number of esters is 4. The van der Waals surface area contributed by atoms with Gasteiger partial charge >= 0.3 is 39.5 Å². The fourth-order valence-corrected chi connectivity index (χ4v) is 11.6. The molecular formula is C89H142O17P2. The molecular weight excluding hydrogens is 1400 g/mol. The van der Waals surface area contributed by atoms with Crippen LogP contribution in [0.4, 0.5) is 0 Å². The van der Waals surface area contributed by atoms with E-state index in [0.29, 0.717) is 32.1 Å². The van der Waals surface area contributed by atoms with Gasteiger partial charge in [0.05, 0.1) is 26.4 Å². The summed E-state index contributed by atoms with van der Waals surface area (Å²) in [5, 5.41) is 10.7. The summed E-state index contributed by atoms with van der Waals surface area (Å²) >= 11 is 0. The maximum Gasteiger partial charge on any atom is 0.472 e. The van der Waals surface area contributed by atoms with E-state index < -0.39 is 97.5 Å². The molecule has 108 heavy (non-hydrogen) atoms. The normalized spacial score (nSPS) is 14.8. The molecule has 0 saturated carbocycles. The largest absolute Gasteiger partial charge is 0.472 e. The molecule has 0 amide bonds. The number of carbonyl (C=O) groups is 4. The molecule has 5 atom stereocenters. The number of ether oxygens (including phenoxy) is 4. The van der Waals surface area contributed by atoms with Crippen molar-refractivity contribution < 1.29 is 80.2 Å². The zero-order chi connectivity index (χ0) is 78.9. The maximum absolute atomic E-state index is 13.1. The summed E-state index contributed by atoms with van der Waals surface area (Å²) in [5.74, 6) is -2.32. The lowest BCUT2D eigenvalue weighted by molar-refractivity contribution is -0.161. The van der Waals surface area contributed by atoms with Crippen molar-refractivity contribution in [2.75, 3.05) is 39.6 Å². The molecule has 0 saturated heterocycles. The molecule has 0 fully saturated rings. The molecule has 0 aliphatic carbocycles. The first-order valence-corrected chi connectivity index (χ1v) is 43.7. The van der Waals surface area contributed by atoms with Crippen molar-refractivity contribution in [1.29, 1.82) is 0 Å². The van der Waals surface area contributed by atoms with Crippen molar-refractivity contribution >= 4 is 39.5 Å². The molecule has 0 aromatic rings. The van der Waals surface area contributed by atoms with Crippen molar-refractivity contribution in [3.05, 3.63) is 194 Å². The lowest BCUT2D eigenvalue weighted by Gasteiger charge is -2.21. The number of allylic oxidation sites excluding steroid dienone is 32. The van der Waals surface area contributed by atoms with E-state index in [1.54, 1.807) is 0 Å². The maximum atomic E-state index is 13.1. The van der Waals surface area contributed by atoms with Crippen molar-refractivity contribution in [3.63, 3.8) is 0 Å². The van der Waals surface area contributed by atoms with E-state index in [0.717, 1.165) is 199 Å². The van der Waals surface area contributed by atoms with Crippen LogP contribution in [-0.4, -0.2) is 96.7 Å². The molecule has 0 aromatic carbocycles. The minimum absolute atomic E-state index is 0.0521. The number of unbranched alkanes of at least 4 members (excludes halogenated alkanes) is 16. The molecule has 0 rings (SSSR count). The summed E-state index contributed by atoms with van der Waals surface area (Å²) in [6.45, 7) is 4.28. The van der Waals surface area contributed by atoms with Crippen LogP contribution in [0.2, 0.25) is 0 Å². The second-order valence-corrected chi connectivity index (χ2v) is 29.1. The van der Waals surface area contributed by atoms with Gasteiger partial charge in [0, 0.05) is 25.7 Å². The van der Waals surface area contributed by atoms with Gasteiger partial charge in [-0.15, -0.1) is 0 Å². The topological polar surface area (TPSA) is 237 Å². The highest BCUT2D eigenvalue weighted by atomic mass is 31.2. The van der Waals surface area contributed by atoms with Crippen molar-refractivity contribution in [2.45, 2.75) is 303 Å². The van der Waals surface area contributed by atoms with Gasteiger partial charge in [-0.25, -0.2) is 9.13 Å².